The maximum Gasteiger partial charge on any atom is 0.164 e. The molecule has 0 saturated heterocycles. The van der Waals surface area contributed by atoms with Gasteiger partial charge in [0.05, 0.1) is 11.0 Å². The van der Waals surface area contributed by atoms with Crippen molar-refractivity contribution in [2.45, 2.75) is 0 Å². The molecule has 0 N–H and O–H groups in total. The van der Waals surface area contributed by atoms with Crippen LogP contribution in [0.2, 0.25) is 0 Å². The quantitative estimate of drug-likeness (QED) is 0.180. The molecule has 5 nitrogen and oxygen atoms in total. The first-order chi connectivity index (χ1) is 26.7. The van der Waals surface area contributed by atoms with Crippen LogP contribution in [0, 0.1) is 0 Å². The fraction of sp³-hybridized carbons (Fsp3) is 0. The summed E-state index contributed by atoms with van der Waals surface area (Å²) in [7, 11) is 0. The van der Waals surface area contributed by atoms with Gasteiger partial charge >= 0.3 is 0 Å². The third kappa shape index (κ3) is 4.90. The van der Waals surface area contributed by atoms with Gasteiger partial charge in [0.25, 0.3) is 0 Å². The van der Waals surface area contributed by atoms with Gasteiger partial charge in [0.15, 0.2) is 17.5 Å². The summed E-state index contributed by atoms with van der Waals surface area (Å²) in [6.07, 6.45) is 0. The normalized spacial score (nSPS) is 11.7. The van der Waals surface area contributed by atoms with E-state index in [1.54, 1.807) is 0 Å². The molecule has 0 saturated carbocycles. The van der Waals surface area contributed by atoms with Gasteiger partial charge in [-0.05, 0) is 58.3 Å². The van der Waals surface area contributed by atoms with Gasteiger partial charge < -0.3 is 8.98 Å². The predicted octanol–water partition coefficient (Wildman–Crippen LogP) is 12.7. The van der Waals surface area contributed by atoms with Crippen molar-refractivity contribution in [3.05, 3.63) is 182 Å². The average Bonchev–Trinajstić information content (AvgIpc) is 3.78. The minimum atomic E-state index is 0.631. The van der Waals surface area contributed by atoms with E-state index in [1.807, 2.05) is 60.7 Å². The molecule has 5 heteroatoms. The molecule has 11 rings (SSSR count). The molecule has 0 bridgehead atoms. The lowest BCUT2D eigenvalue weighted by Crippen LogP contribution is -2.00. The highest BCUT2D eigenvalue weighted by molar-refractivity contribution is 6.15. The Bertz CT molecular complexity index is 3140. The Morgan fingerprint density at radius 1 is 0.370 bits per heavy atom. The molecule has 54 heavy (non-hydrogen) atoms. The van der Waals surface area contributed by atoms with Crippen LogP contribution in [0.3, 0.4) is 0 Å². The number of fused-ring (bicyclic) bond motifs is 7. The van der Waals surface area contributed by atoms with Crippen LogP contribution in [0.4, 0.5) is 0 Å². The number of furan rings is 1. The highest BCUT2D eigenvalue weighted by atomic mass is 16.3. The number of para-hydroxylation sites is 1. The second-order valence-corrected chi connectivity index (χ2v) is 13.6. The molecule has 0 unspecified atom stereocenters. The molecule has 3 aromatic heterocycles. The predicted molar refractivity (Wildman–Crippen MR) is 221 cm³/mol. The van der Waals surface area contributed by atoms with Crippen molar-refractivity contribution in [3.63, 3.8) is 0 Å². The minimum Gasteiger partial charge on any atom is -0.456 e. The van der Waals surface area contributed by atoms with Gasteiger partial charge in [0.2, 0.25) is 0 Å². The van der Waals surface area contributed by atoms with Crippen LogP contribution in [0.5, 0.6) is 0 Å². The fourth-order valence-corrected chi connectivity index (χ4v) is 7.86. The standard InChI is InChI=1S/C49H30N4O/c1-3-12-32(13-4-1)47-50-48(33-14-5-2-6-15-33)52-49(51-47)34-24-22-31(23-25-34)38-19-11-21-44-46(38)40-27-26-37(30-45(40)54-44)53-42-20-10-9-18-39(42)41-28-35-16-7-8-17-36(35)29-43(41)53/h1-30H. The van der Waals surface area contributed by atoms with Crippen LogP contribution in [-0.4, -0.2) is 19.5 Å². The molecule has 0 spiro atoms. The molecular formula is C49H30N4O. The largest absolute Gasteiger partial charge is 0.456 e. The number of aromatic nitrogens is 4. The van der Waals surface area contributed by atoms with Crippen molar-refractivity contribution in [3.8, 4) is 51.0 Å². The summed E-state index contributed by atoms with van der Waals surface area (Å²) in [5.74, 6) is 1.92. The molecule has 0 amide bonds. The minimum absolute atomic E-state index is 0.631. The Morgan fingerprint density at radius 2 is 0.963 bits per heavy atom. The van der Waals surface area contributed by atoms with E-state index in [0.29, 0.717) is 17.5 Å². The maximum atomic E-state index is 6.61. The third-order valence-corrected chi connectivity index (χ3v) is 10.4. The monoisotopic (exact) mass is 690 g/mol. The van der Waals surface area contributed by atoms with E-state index in [2.05, 4.69) is 126 Å². The molecule has 0 radical (unpaired) electrons. The van der Waals surface area contributed by atoms with E-state index in [0.717, 1.165) is 55.4 Å². The summed E-state index contributed by atoms with van der Waals surface area (Å²) >= 11 is 0. The summed E-state index contributed by atoms with van der Waals surface area (Å²) in [5.41, 5.74) is 10.1. The molecule has 11 aromatic rings. The topological polar surface area (TPSA) is 56.7 Å². The molecule has 3 heterocycles. The zero-order chi connectivity index (χ0) is 35.6. The number of nitrogens with zero attached hydrogens (tertiary/aromatic N) is 4. The SMILES string of the molecule is c1ccc(-c2nc(-c3ccccc3)nc(-c3ccc(-c4cccc5oc6cc(-n7c8ccccc8c8cc9ccccc9cc87)ccc6c45)cc3)n2)cc1. The molecule has 0 aliphatic heterocycles. The first kappa shape index (κ1) is 30.3. The summed E-state index contributed by atoms with van der Waals surface area (Å²) in [6, 6.07) is 63.3. The van der Waals surface area contributed by atoms with Gasteiger partial charge in [0.1, 0.15) is 11.2 Å². The highest BCUT2D eigenvalue weighted by Gasteiger charge is 2.18. The van der Waals surface area contributed by atoms with Gasteiger partial charge in [-0.25, -0.2) is 15.0 Å². The van der Waals surface area contributed by atoms with E-state index in [4.69, 9.17) is 19.4 Å². The molecule has 0 aliphatic rings. The van der Waals surface area contributed by atoms with Crippen LogP contribution in [0.1, 0.15) is 0 Å². The van der Waals surface area contributed by atoms with Crippen LogP contribution in [0.25, 0.3) is 105 Å². The molecule has 252 valence electrons. The lowest BCUT2D eigenvalue weighted by Gasteiger charge is -2.10. The molecule has 0 fully saturated rings. The number of hydrogen-bond acceptors (Lipinski definition) is 4. The first-order valence-electron chi connectivity index (χ1n) is 18.1. The van der Waals surface area contributed by atoms with E-state index in [9.17, 15) is 0 Å². The number of benzene rings is 8. The van der Waals surface area contributed by atoms with Crippen LogP contribution < -0.4 is 0 Å². The lowest BCUT2D eigenvalue weighted by molar-refractivity contribution is 0.668. The Labute approximate surface area is 310 Å². The van der Waals surface area contributed by atoms with Crippen LogP contribution in [-0.2, 0) is 0 Å². The smallest absolute Gasteiger partial charge is 0.164 e. The van der Waals surface area contributed by atoms with Crippen molar-refractivity contribution >= 4 is 54.5 Å². The van der Waals surface area contributed by atoms with Crippen molar-refractivity contribution < 1.29 is 4.42 Å². The Kier molecular flexibility index (Phi) is 6.79. The fourth-order valence-electron chi connectivity index (χ4n) is 7.86. The highest BCUT2D eigenvalue weighted by Crippen LogP contribution is 2.40. The Balaban J connectivity index is 1.01. The Hall–Kier alpha value is -7.37. The first-order valence-corrected chi connectivity index (χ1v) is 18.1. The molecule has 0 atom stereocenters. The molecule has 0 aliphatic carbocycles. The van der Waals surface area contributed by atoms with Crippen molar-refractivity contribution in [1.29, 1.82) is 0 Å². The van der Waals surface area contributed by atoms with Crippen molar-refractivity contribution in [2.75, 3.05) is 0 Å². The van der Waals surface area contributed by atoms with Gasteiger partial charge in [-0.3, -0.25) is 0 Å². The summed E-state index contributed by atoms with van der Waals surface area (Å²) in [6.45, 7) is 0. The zero-order valence-corrected chi connectivity index (χ0v) is 29.0. The second-order valence-electron chi connectivity index (χ2n) is 13.6. The Morgan fingerprint density at radius 3 is 1.67 bits per heavy atom. The second kappa shape index (κ2) is 12.1. The van der Waals surface area contributed by atoms with Gasteiger partial charge in [0, 0.05) is 50.0 Å². The third-order valence-electron chi connectivity index (χ3n) is 10.4. The maximum absolute atomic E-state index is 6.61. The zero-order valence-electron chi connectivity index (χ0n) is 29.0. The van der Waals surface area contributed by atoms with Crippen molar-refractivity contribution in [2.24, 2.45) is 0 Å². The molecule has 8 aromatic carbocycles. The van der Waals surface area contributed by atoms with Crippen LogP contribution in [0.15, 0.2) is 186 Å². The average molecular weight is 691 g/mol. The summed E-state index contributed by atoms with van der Waals surface area (Å²) in [4.78, 5) is 14.7. The van der Waals surface area contributed by atoms with Gasteiger partial charge in [-0.15, -0.1) is 0 Å². The van der Waals surface area contributed by atoms with E-state index in [-0.39, 0.29) is 0 Å². The lowest BCUT2D eigenvalue weighted by atomic mass is 9.98. The number of rotatable bonds is 5. The van der Waals surface area contributed by atoms with E-state index >= 15 is 0 Å². The van der Waals surface area contributed by atoms with Crippen molar-refractivity contribution in [1.82, 2.24) is 19.5 Å². The van der Waals surface area contributed by atoms with Gasteiger partial charge in [-0.2, -0.15) is 0 Å². The van der Waals surface area contributed by atoms with Crippen LogP contribution >= 0.6 is 0 Å². The summed E-state index contributed by atoms with van der Waals surface area (Å²) in [5, 5.41) is 7.11. The van der Waals surface area contributed by atoms with E-state index in [1.165, 1.54) is 32.6 Å². The number of hydrogen-bond donors (Lipinski definition) is 0. The summed E-state index contributed by atoms with van der Waals surface area (Å²) < 4.78 is 8.97. The van der Waals surface area contributed by atoms with Gasteiger partial charge in [-0.1, -0.05) is 140 Å². The molecular weight excluding hydrogens is 661 g/mol. The van der Waals surface area contributed by atoms with E-state index < -0.39 is 0 Å².